The first-order valence-electron chi connectivity index (χ1n) is 5.34. The summed E-state index contributed by atoms with van der Waals surface area (Å²) in [5, 5.41) is 19.7. The third kappa shape index (κ3) is 2.21. The highest BCUT2D eigenvalue weighted by molar-refractivity contribution is 7.80. The zero-order valence-electron chi connectivity index (χ0n) is 9.87. The lowest BCUT2D eigenvalue weighted by Gasteiger charge is -2.16. The second kappa shape index (κ2) is 5.34. The van der Waals surface area contributed by atoms with E-state index in [0.717, 1.165) is 24.8 Å². The molecule has 3 nitrogen and oxygen atoms in total. The molecule has 0 heterocycles. The lowest BCUT2D eigenvalue weighted by atomic mass is 10.0. The topological polar surface area (TPSA) is 49.7 Å². The van der Waals surface area contributed by atoms with Gasteiger partial charge in [-0.05, 0) is 19.8 Å². The molecule has 0 aliphatic rings. The van der Waals surface area contributed by atoms with Crippen molar-refractivity contribution >= 4 is 12.6 Å². The Morgan fingerprint density at radius 2 is 1.88 bits per heavy atom. The molecule has 0 radical (unpaired) electrons. The summed E-state index contributed by atoms with van der Waals surface area (Å²) in [7, 11) is 1.51. The largest absolute Gasteiger partial charge is 0.507 e. The van der Waals surface area contributed by atoms with Crippen molar-refractivity contribution in [2.45, 2.75) is 38.0 Å². The molecule has 0 amide bonds. The van der Waals surface area contributed by atoms with Gasteiger partial charge in [0.05, 0.1) is 12.0 Å². The number of benzene rings is 1. The van der Waals surface area contributed by atoms with Gasteiger partial charge in [0.2, 0.25) is 0 Å². The molecule has 1 aromatic rings. The van der Waals surface area contributed by atoms with E-state index in [1.165, 1.54) is 7.11 Å². The number of methoxy groups -OCH3 is 1. The highest BCUT2D eigenvalue weighted by atomic mass is 32.1. The molecule has 0 atom stereocenters. The van der Waals surface area contributed by atoms with E-state index in [9.17, 15) is 10.2 Å². The van der Waals surface area contributed by atoms with E-state index in [-0.39, 0.29) is 11.5 Å². The average molecular weight is 242 g/mol. The number of aromatic hydroxyl groups is 2. The minimum atomic E-state index is -0.0158. The molecule has 0 saturated heterocycles. The summed E-state index contributed by atoms with van der Waals surface area (Å²) in [5.41, 5.74) is 1.18. The minimum absolute atomic E-state index is 0.0158. The van der Waals surface area contributed by atoms with Crippen molar-refractivity contribution in [2.24, 2.45) is 0 Å². The number of hydrogen-bond acceptors (Lipinski definition) is 4. The molecule has 16 heavy (non-hydrogen) atoms. The van der Waals surface area contributed by atoms with Crippen LogP contribution in [0.1, 0.15) is 30.9 Å². The standard InChI is InChI=1S/C12H18O3S/c1-4-5-6-8-9(13)7(2)10(14)12(16)11(8)15-3/h13-14,16H,4-6H2,1-3H3. The van der Waals surface area contributed by atoms with Crippen molar-refractivity contribution in [3.8, 4) is 17.2 Å². The molecule has 0 aliphatic heterocycles. The van der Waals surface area contributed by atoms with Gasteiger partial charge in [-0.2, -0.15) is 0 Å². The number of rotatable bonds is 4. The molecule has 4 heteroatoms. The van der Waals surface area contributed by atoms with Crippen LogP contribution in [-0.4, -0.2) is 17.3 Å². The van der Waals surface area contributed by atoms with E-state index in [2.05, 4.69) is 19.6 Å². The van der Waals surface area contributed by atoms with Gasteiger partial charge in [-0.1, -0.05) is 13.3 Å². The lowest BCUT2D eigenvalue weighted by molar-refractivity contribution is 0.372. The molecular formula is C12H18O3S. The van der Waals surface area contributed by atoms with Crippen LogP contribution in [0.3, 0.4) is 0 Å². The number of phenols is 2. The van der Waals surface area contributed by atoms with Crippen molar-refractivity contribution in [3.63, 3.8) is 0 Å². The van der Waals surface area contributed by atoms with Gasteiger partial charge in [-0.3, -0.25) is 0 Å². The predicted octanol–water partition coefficient (Wildman–Crippen LogP) is 3.05. The summed E-state index contributed by atoms with van der Waals surface area (Å²) in [6.45, 7) is 3.75. The SMILES string of the molecule is CCCCc1c(O)c(C)c(O)c(S)c1OC. The van der Waals surface area contributed by atoms with Crippen LogP contribution < -0.4 is 4.74 Å². The summed E-state index contributed by atoms with van der Waals surface area (Å²) >= 11 is 4.21. The van der Waals surface area contributed by atoms with Crippen molar-refractivity contribution < 1.29 is 14.9 Å². The first-order chi connectivity index (χ1) is 7.54. The Bertz CT molecular complexity index is 389. The maximum absolute atomic E-state index is 9.97. The highest BCUT2D eigenvalue weighted by Crippen LogP contribution is 2.44. The zero-order valence-corrected chi connectivity index (χ0v) is 10.8. The highest BCUT2D eigenvalue weighted by Gasteiger charge is 2.19. The molecule has 2 N–H and O–H groups in total. The van der Waals surface area contributed by atoms with Crippen LogP contribution in [0.4, 0.5) is 0 Å². The third-order valence-electron chi connectivity index (χ3n) is 2.69. The second-order valence-electron chi connectivity index (χ2n) is 3.79. The number of unbranched alkanes of at least 4 members (excludes halogenated alkanes) is 1. The summed E-state index contributed by atoms with van der Waals surface area (Å²) in [6, 6.07) is 0. The van der Waals surface area contributed by atoms with Crippen LogP contribution in [0.25, 0.3) is 0 Å². The van der Waals surface area contributed by atoms with Crippen LogP contribution >= 0.6 is 12.6 Å². The quantitative estimate of drug-likeness (QED) is 0.711. The molecule has 1 rings (SSSR count). The molecule has 0 aliphatic carbocycles. The van der Waals surface area contributed by atoms with Gasteiger partial charge in [0.1, 0.15) is 17.2 Å². The predicted molar refractivity (Wildman–Crippen MR) is 66.9 cm³/mol. The van der Waals surface area contributed by atoms with Crippen LogP contribution in [0.15, 0.2) is 4.90 Å². The van der Waals surface area contributed by atoms with Crippen molar-refractivity contribution in [2.75, 3.05) is 7.11 Å². The van der Waals surface area contributed by atoms with Gasteiger partial charge in [0.25, 0.3) is 0 Å². The number of phenolic OH excluding ortho intramolecular Hbond substituents is 2. The van der Waals surface area contributed by atoms with Gasteiger partial charge in [-0.25, -0.2) is 0 Å². The Labute approximate surface area is 101 Å². The first-order valence-corrected chi connectivity index (χ1v) is 5.79. The Kier molecular flexibility index (Phi) is 4.35. The fourth-order valence-corrected chi connectivity index (χ4v) is 2.07. The lowest BCUT2D eigenvalue weighted by Crippen LogP contribution is -1.97. The molecule has 0 spiro atoms. The van der Waals surface area contributed by atoms with Crippen molar-refractivity contribution in [1.82, 2.24) is 0 Å². The fraction of sp³-hybridized carbons (Fsp3) is 0.500. The molecule has 0 saturated carbocycles. The van der Waals surface area contributed by atoms with Gasteiger partial charge < -0.3 is 14.9 Å². The maximum atomic E-state index is 9.97. The Morgan fingerprint density at radius 3 is 2.38 bits per heavy atom. The second-order valence-corrected chi connectivity index (χ2v) is 4.23. The van der Waals surface area contributed by atoms with Crippen molar-refractivity contribution in [1.29, 1.82) is 0 Å². The van der Waals surface area contributed by atoms with E-state index in [0.29, 0.717) is 16.2 Å². The Morgan fingerprint density at radius 1 is 1.25 bits per heavy atom. The third-order valence-corrected chi connectivity index (χ3v) is 3.11. The van der Waals surface area contributed by atoms with E-state index in [1.807, 2.05) is 0 Å². The van der Waals surface area contributed by atoms with Crippen LogP contribution in [0.2, 0.25) is 0 Å². The molecular weight excluding hydrogens is 224 g/mol. The summed E-state index contributed by atoms with van der Waals surface area (Å²) in [6.07, 6.45) is 2.71. The summed E-state index contributed by atoms with van der Waals surface area (Å²) in [5.74, 6) is 0.566. The van der Waals surface area contributed by atoms with Gasteiger partial charge in [0.15, 0.2) is 0 Å². The summed E-state index contributed by atoms with van der Waals surface area (Å²) < 4.78 is 5.19. The first kappa shape index (κ1) is 13.0. The molecule has 0 aromatic heterocycles. The maximum Gasteiger partial charge on any atom is 0.142 e. The van der Waals surface area contributed by atoms with Gasteiger partial charge >= 0.3 is 0 Å². The molecule has 90 valence electrons. The Balaban J connectivity index is 3.33. The average Bonchev–Trinajstić information content (AvgIpc) is 2.29. The van der Waals surface area contributed by atoms with Crippen LogP contribution in [-0.2, 0) is 6.42 Å². The van der Waals surface area contributed by atoms with E-state index in [4.69, 9.17) is 4.74 Å². The zero-order chi connectivity index (χ0) is 12.3. The Hall–Kier alpha value is -1.03. The number of hydrogen-bond donors (Lipinski definition) is 3. The molecule has 0 bridgehead atoms. The van der Waals surface area contributed by atoms with Crippen LogP contribution in [0, 0.1) is 6.92 Å². The number of thiol groups is 1. The fourth-order valence-electron chi connectivity index (χ4n) is 1.68. The molecule has 1 aromatic carbocycles. The molecule has 0 unspecified atom stereocenters. The number of ether oxygens (including phenoxy) is 1. The van der Waals surface area contributed by atoms with Gasteiger partial charge in [0, 0.05) is 11.1 Å². The normalized spacial score (nSPS) is 10.5. The monoisotopic (exact) mass is 242 g/mol. The minimum Gasteiger partial charge on any atom is -0.507 e. The van der Waals surface area contributed by atoms with Crippen LogP contribution in [0.5, 0.6) is 17.2 Å². The smallest absolute Gasteiger partial charge is 0.142 e. The van der Waals surface area contributed by atoms with Crippen molar-refractivity contribution in [3.05, 3.63) is 11.1 Å². The van der Waals surface area contributed by atoms with E-state index in [1.54, 1.807) is 6.92 Å². The molecule has 0 fully saturated rings. The summed E-state index contributed by atoms with van der Waals surface area (Å²) in [4.78, 5) is 0.393. The van der Waals surface area contributed by atoms with E-state index >= 15 is 0 Å². The van der Waals surface area contributed by atoms with Gasteiger partial charge in [-0.15, -0.1) is 12.6 Å². The van der Waals surface area contributed by atoms with E-state index < -0.39 is 0 Å².